The van der Waals surface area contributed by atoms with Gasteiger partial charge in [-0.2, -0.15) is 0 Å². The molecule has 2 aromatic rings. The van der Waals surface area contributed by atoms with E-state index in [4.69, 9.17) is 15.0 Å². The van der Waals surface area contributed by atoms with E-state index in [2.05, 4.69) is 16.6 Å². The van der Waals surface area contributed by atoms with Crippen molar-refractivity contribution in [2.75, 3.05) is 7.11 Å². The summed E-state index contributed by atoms with van der Waals surface area (Å²) in [7, 11) is 1.59. The highest BCUT2D eigenvalue weighted by Crippen LogP contribution is 2.37. The number of allylic oxidation sites excluding steroid dienone is 1. The molecule has 0 aliphatic heterocycles. The van der Waals surface area contributed by atoms with Gasteiger partial charge in [-0.25, -0.2) is 0 Å². The molecular formula is C17H17N3O2. The van der Waals surface area contributed by atoms with Gasteiger partial charge in [0.25, 0.3) is 0 Å². The van der Waals surface area contributed by atoms with Crippen LogP contribution in [0.2, 0.25) is 0 Å². The van der Waals surface area contributed by atoms with E-state index >= 15 is 0 Å². The monoisotopic (exact) mass is 295 g/mol. The van der Waals surface area contributed by atoms with E-state index < -0.39 is 0 Å². The van der Waals surface area contributed by atoms with Crippen molar-refractivity contribution < 1.29 is 9.47 Å². The molecule has 0 unspecified atom stereocenters. The highest BCUT2D eigenvalue weighted by molar-refractivity contribution is 5.56. The van der Waals surface area contributed by atoms with Crippen molar-refractivity contribution in [3.63, 3.8) is 0 Å². The lowest BCUT2D eigenvalue weighted by Crippen LogP contribution is -1.93. The summed E-state index contributed by atoms with van der Waals surface area (Å²) in [6, 6.07) is 11.1. The minimum Gasteiger partial charge on any atom is -0.493 e. The fourth-order valence-electron chi connectivity index (χ4n) is 2.04. The first-order valence-electron chi connectivity index (χ1n) is 6.79. The number of azide groups is 1. The van der Waals surface area contributed by atoms with Gasteiger partial charge in [0.1, 0.15) is 5.75 Å². The first kappa shape index (κ1) is 15.5. The van der Waals surface area contributed by atoms with E-state index in [1.807, 2.05) is 43.3 Å². The molecule has 0 aromatic heterocycles. The highest BCUT2D eigenvalue weighted by Gasteiger charge is 2.09. The maximum Gasteiger partial charge on any atom is 0.169 e. The fraction of sp³-hybridized carbons (Fsp3) is 0.176. The van der Waals surface area contributed by atoms with E-state index in [0.29, 0.717) is 22.9 Å². The topological polar surface area (TPSA) is 67.2 Å². The number of benzene rings is 2. The Hall–Kier alpha value is -2.91. The lowest BCUT2D eigenvalue weighted by molar-refractivity contribution is 0.378. The van der Waals surface area contributed by atoms with E-state index in [1.165, 1.54) is 0 Å². The second-order valence-corrected chi connectivity index (χ2v) is 4.74. The van der Waals surface area contributed by atoms with Crippen molar-refractivity contribution >= 4 is 5.69 Å². The molecule has 0 aliphatic carbocycles. The summed E-state index contributed by atoms with van der Waals surface area (Å²) in [5.74, 6) is 1.68. The second kappa shape index (κ2) is 7.20. The van der Waals surface area contributed by atoms with Crippen LogP contribution in [0, 0.1) is 6.92 Å². The summed E-state index contributed by atoms with van der Waals surface area (Å²) in [6.45, 7) is 5.67. The molecule has 0 fully saturated rings. The quantitative estimate of drug-likeness (QED) is 0.307. The van der Waals surface area contributed by atoms with Gasteiger partial charge in [-0.15, -0.1) is 6.58 Å². The molecule has 112 valence electrons. The second-order valence-electron chi connectivity index (χ2n) is 4.74. The molecule has 0 spiro atoms. The van der Waals surface area contributed by atoms with Crippen LogP contribution in [0.25, 0.3) is 10.4 Å². The zero-order valence-corrected chi connectivity index (χ0v) is 12.6. The number of aryl methyl sites for hydroxylation is 1. The number of rotatable bonds is 6. The van der Waals surface area contributed by atoms with Crippen LogP contribution < -0.4 is 9.47 Å². The Morgan fingerprint density at radius 2 is 2.00 bits per heavy atom. The Balaban J connectivity index is 2.40. The highest BCUT2D eigenvalue weighted by atomic mass is 16.5. The van der Waals surface area contributed by atoms with Crippen LogP contribution in [0.5, 0.6) is 17.2 Å². The lowest BCUT2D eigenvalue weighted by atomic mass is 10.1. The average molecular weight is 295 g/mol. The number of hydrogen-bond acceptors (Lipinski definition) is 3. The Labute approximate surface area is 129 Å². The maximum absolute atomic E-state index is 8.64. The van der Waals surface area contributed by atoms with Crippen LogP contribution >= 0.6 is 0 Å². The molecular weight excluding hydrogens is 278 g/mol. The number of hydrogen-bond donors (Lipinski definition) is 0. The van der Waals surface area contributed by atoms with Gasteiger partial charge in [-0.05, 0) is 54.3 Å². The van der Waals surface area contributed by atoms with Crippen molar-refractivity contribution in [2.24, 2.45) is 5.11 Å². The minimum atomic E-state index is 0.435. The van der Waals surface area contributed by atoms with Gasteiger partial charge in [0.15, 0.2) is 11.5 Å². The van der Waals surface area contributed by atoms with Gasteiger partial charge < -0.3 is 9.47 Å². The molecule has 0 N–H and O–H groups in total. The predicted octanol–water partition coefficient (Wildman–Crippen LogP) is 5.47. The Morgan fingerprint density at radius 1 is 1.18 bits per heavy atom. The smallest absolute Gasteiger partial charge is 0.169 e. The van der Waals surface area contributed by atoms with Gasteiger partial charge in [0, 0.05) is 4.91 Å². The molecule has 0 bridgehead atoms. The Kier molecular flexibility index (Phi) is 5.07. The van der Waals surface area contributed by atoms with E-state index in [-0.39, 0.29) is 0 Å². The predicted molar refractivity (Wildman–Crippen MR) is 87.0 cm³/mol. The average Bonchev–Trinajstić information content (AvgIpc) is 2.52. The summed E-state index contributed by atoms with van der Waals surface area (Å²) in [5.41, 5.74) is 11.2. The Bertz CT molecular complexity index is 735. The Morgan fingerprint density at radius 3 is 2.68 bits per heavy atom. The van der Waals surface area contributed by atoms with E-state index in [9.17, 15) is 0 Å². The molecule has 0 saturated carbocycles. The molecule has 0 amide bonds. The molecule has 2 rings (SSSR count). The standard InChI is InChI=1S/C17H17N3O2/c1-4-5-13-7-9-15(17(11-13)21-3)22-16-10-12(2)6-8-14(16)19-20-18/h4,6-11H,1,5H2,2-3H3. The minimum absolute atomic E-state index is 0.435. The van der Waals surface area contributed by atoms with Crippen LogP contribution in [0.3, 0.4) is 0 Å². The number of ether oxygens (including phenoxy) is 2. The molecule has 5 heteroatoms. The van der Waals surface area contributed by atoms with Crippen molar-refractivity contribution in [1.82, 2.24) is 0 Å². The first-order chi connectivity index (χ1) is 10.7. The van der Waals surface area contributed by atoms with Gasteiger partial charge in [-0.1, -0.05) is 23.3 Å². The third-order valence-electron chi connectivity index (χ3n) is 3.10. The molecule has 0 heterocycles. The van der Waals surface area contributed by atoms with Crippen LogP contribution in [-0.4, -0.2) is 7.11 Å². The molecule has 0 aliphatic rings. The summed E-state index contributed by atoms with van der Waals surface area (Å²) in [4.78, 5) is 2.82. The molecule has 5 nitrogen and oxygen atoms in total. The van der Waals surface area contributed by atoms with E-state index in [0.717, 1.165) is 17.5 Å². The van der Waals surface area contributed by atoms with Crippen molar-refractivity contribution in [2.45, 2.75) is 13.3 Å². The summed E-state index contributed by atoms with van der Waals surface area (Å²) < 4.78 is 11.3. The normalized spacial score (nSPS) is 9.73. The van der Waals surface area contributed by atoms with Crippen LogP contribution in [-0.2, 0) is 6.42 Å². The largest absolute Gasteiger partial charge is 0.493 e. The van der Waals surface area contributed by atoms with Crippen LogP contribution in [0.1, 0.15) is 11.1 Å². The van der Waals surface area contributed by atoms with E-state index in [1.54, 1.807) is 13.2 Å². The van der Waals surface area contributed by atoms with Crippen molar-refractivity contribution in [1.29, 1.82) is 0 Å². The van der Waals surface area contributed by atoms with Crippen molar-refractivity contribution in [3.8, 4) is 17.2 Å². The zero-order chi connectivity index (χ0) is 15.9. The molecule has 22 heavy (non-hydrogen) atoms. The molecule has 2 aromatic carbocycles. The zero-order valence-electron chi connectivity index (χ0n) is 12.6. The third-order valence-corrected chi connectivity index (χ3v) is 3.10. The fourth-order valence-corrected chi connectivity index (χ4v) is 2.04. The van der Waals surface area contributed by atoms with Gasteiger partial charge >= 0.3 is 0 Å². The van der Waals surface area contributed by atoms with Crippen LogP contribution in [0.15, 0.2) is 54.2 Å². The maximum atomic E-state index is 8.64. The van der Waals surface area contributed by atoms with Gasteiger partial charge in [-0.3, -0.25) is 0 Å². The molecule has 0 atom stereocenters. The first-order valence-corrected chi connectivity index (χ1v) is 6.79. The number of methoxy groups -OCH3 is 1. The summed E-state index contributed by atoms with van der Waals surface area (Å²) in [6.07, 6.45) is 2.58. The SMILES string of the molecule is C=CCc1ccc(Oc2cc(C)ccc2N=[N+]=[N-])c(OC)c1. The van der Waals surface area contributed by atoms with Crippen molar-refractivity contribution in [3.05, 3.63) is 70.6 Å². The molecule has 0 radical (unpaired) electrons. The van der Waals surface area contributed by atoms with Crippen LogP contribution in [0.4, 0.5) is 5.69 Å². The van der Waals surface area contributed by atoms with Gasteiger partial charge in [0.05, 0.1) is 12.8 Å². The number of nitrogens with zero attached hydrogens (tertiary/aromatic N) is 3. The molecule has 0 saturated heterocycles. The third kappa shape index (κ3) is 3.59. The summed E-state index contributed by atoms with van der Waals surface area (Å²) >= 11 is 0. The van der Waals surface area contributed by atoms with Gasteiger partial charge in [0.2, 0.25) is 0 Å². The summed E-state index contributed by atoms with van der Waals surface area (Å²) in [5, 5.41) is 3.65. The lowest BCUT2D eigenvalue weighted by Gasteiger charge is -2.13.